The van der Waals surface area contributed by atoms with Gasteiger partial charge in [0, 0.05) is 16.3 Å². The van der Waals surface area contributed by atoms with Crippen LogP contribution in [0.3, 0.4) is 0 Å². The van der Waals surface area contributed by atoms with Crippen molar-refractivity contribution in [2.75, 3.05) is 5.32 Å². The largest absolute Gasteiger partial charge is 0.488 e. The van der Waals surface area contributed by atoms with Crippen LogP contribution in [-0.2, 0) is 11.4 Å². The number of nitrogens with zero attached hydrogens (tertiary/aromatic N) is 1. The Hall–Kier alpha value is -3.31. The van der Waals surface area contributed by atoms with Gasteiger partial charge < -0.3 is 10.1 Å². The van der Waals surface area contributed by atoms with Crippen molar-refractivity contribution in [3.63, 3.8) is 0 Å². The standard InChI is InChI=1S/C24H24ClN3O2/c1-2-22(27-21-14-12-20(25)13-15-21)24(29)28-26-16-19-10-6-7-11-23(19)30-17-18-8-4-3-5-9-18/h3-16,22,27H,2,17H2,1H3,(H,28,29)/b26-16+. The summed E-state index contributed by atoms with van der Waals surface area (Å²) in [6.45, 7) is 2.39. The van der Waals surface area contributed by atoms with Gasteiger partial charge in [0.1, 0.15) is 18.4 Å². The molecule has 3 aromatic carbocycles. The number of hydrogen-bond acceptors (Lipinski definition) is 4. The van der Waals surface area contributed by atoms with Crippen molar-refractivity contribution < 1.29 is 9.53 Å². The number of anilines is 1. The summed E-state index contributed by atoms with van der Waals surface area (Å²) in [5.74, 6) is 0.483. The van der Waals surface area contributed by atoms with E-state index in [9.17, 15) is 4.79 Å². The molecule has 3 aromatic rings. The van der Waals surface area contributed by atoms with Crippen molar-refractivity contribution >= 4 is 29.4 Å². The maximum Gasteiger partial charge on any atom is 0.262 e. The number of para-hydroxylation sites is 1. The summed E-state index contributed by atoms with van der Waals surface area (Å²) in [6.07, 6.45) is 2.20. The van der Waals surface area contributed by atoms with Crippen molar-refractivity contribution in [2.24, 2.45) is 5.10 Å². The predicted molar refractivity (Wildman–Crippen MR) is 122 cm³/mol. The fourth-order valence-electron chi connectivity index (χ4n) is 2.80. The SMILES string of the molecule is CCC(Nc1ccc(Cl)cc1)C(=O)N/N=C/c1ccccc1OCc1ccccc1. The number of ether oxygens (including phenoxy) is 1. The third kappa shape index (κ3) is 6.36. The number of nitrogens with one attached hydrogen (secondary N) is 2. The lowest BCUT2D eigenvalue weighted by atomic mass is 10.2. The lowest BCUT2D eigenvalue weighted by Crippen LogP contribution is -2.36. The van der Waals surface area contributed by atoms with E-state index in [0.29, 0.717) is 23.8 Å². The number of amides is 1. The Balaban J connectivity index is 1.58. The topological polar surface area (TPSA) is 62.7 Å². The van der Waals surface area contributed by atoms with Crippen molar-refractivity contribution in [2.45, 2.75) is 26.0 Å². The summed E-state index contributed by atoms with van der Waals surface area (Å²) in [5, 5.41) is 7.95. The molecule has 5 nitrogen and oxygen atoms in total. The Bertz CT molecular complexity index is 975. The smallest absolute Gasteiger partial charge is 0.262 e. The van der Waals surface area contributed by atoms with Crippen LogP contribution >= 0.6 is 11.6 Å². The zero-order valence-electron chi connectivity index (χ0n) is 16.7. The van der Waals surface area contributed by atoms with Gasteiger partial charge in [-0.2, -0.15) is 5.10 Å². The Morgan fingerprint density at radius 2 is 1.73 bits per heavy atom. The Kier molecular flexibility index (Phi) is 7.86. The maximum atomic E-state index is 12.5. The third-order valence-electron chi connectivity index (χ3n) is 4.44. The minimum atomic E-state index is -0.409. The summed E-state index contributed by atoms with van der Waals surface area (Å²) < 4.78 is 5.91. The second-order valence-corrected chi connectivity index (χ2v) is 7.09. The molecule has 0 heterocycles. The van der Waals surface area contributed by atoms with Gasteiger partial charge in [-0.1, -0.05) is 61.0 Å². The normalized spacial score (nSPS) is 11.8. The first-order valence-corrected chi connectivity index (χ1v) is 10.1. The fraction of sp³-hybridized carbons (Fsp3) is 0.167. The number of hydrogen-bond donors (Lipinski definition) is 2. The number of carbonyl (C=O) groups excluding carboxylic acids is 1. The second-order valence-electron chi connectivity index (χ2n) is 6.66. The van der Waals surface area contributed by atoms with E-state index in [1.807, 2.05) is 73.7 Å². The first-order valence-electron chi connectivity index (χ1n) is 9.76. The van der Waals surface area contributed by atoms with Crippen LogP contribution in [0.4, 0.5) is 5.69 Å². The van der Waals surface area contributed by atoms with E-state index in [-0.39, 0.29) is 5.91 Å². The molecule has 0 radical (unpaired) electrons. The number of rotatable bonds is 9. The van der Waals surface area contributed by atoms with Gasteiger partial charge in [-0.05, 0) is 48.4 Å². The molecular weight excluding hydrogens is 398 g/mol. The average molecular weight is 422 g/mol. The van der Waals surface area contributed by atoms with Crippen LogP contribution in [-0.4, -0.2) is 18.2 Å². The molecule has 1 amide bonds. The highest BCUT2D eigenvalue weighted by Crippen LogP contribution is 2.18. The van der Waals surface area contributed by atoms with Gasteiger partial charge in [0.15, 0.2) is 0 Å². The maximum absolute atomic E-state index is 12.5. The van der Waals surface area contributed by atoms with Crippen LogP contribution in [0, 0.1) is 0 Å². The third-order valence-corrected chi connectivity index (χ3v) is 4.70. The molecule has 30 heavy (non-hydrogen) atoms. The van der Waals surface area contributed by atoms with Crippen LogP contribution in [0.2, 0.25) is 5.02 Å². The van der Waals surface area contributed by atoms with Gasteiger partial charge in [-0.3, -0.25) is 4.79 Å². The van der Waals surface area contributed by atoms with E-state index in [4.69, 9.17) is 16.3 Å². The number of benzene rings is 3. The Morgan fingerprint density at radius 3 is 2.47 bits per heavy atom. The van der Waals surface area contributed by atoms with Crippen LogP contribution < -0.4 is 15.5 Å². The van der Waals surface area contributed by atoms with Crippen LogP contribution in [0.1, 0.15) is 24.5 Å². The lowest BCUT2D eigenvalue weighted by molar-refractivity contribution is -0.121. The highest BCUT2D eigenvalue weighted by Gasteiger charge is 2.15. The van der Waals surface area contributed by atoms with E-state index in [1.165, 1.54) is 0 Å². The molecule has 0 aromatic heterocycles. The van der Waals surface area contributed by atoms with Crippen molar-refractivity contribution in [3.8, 4) is 5.75 Å². The molecule has 154 valence electrons. The minimum absolute atomic E-state index is 0.216. The van der Waals surface area contributed by atoms with Gasteiger partial charge in [-0.15, -0.1) is 0 Å². The van der Waals surface area contributed by atoms with Crippen molar-refractivity contribution in [1.82, 2.24) is 5.43 Å². The highest BCUT2D eigenvalue weighted by atomic mass is 35.5. The number of halogens is 1. The first-order chi connectivity index (χ1) is 14.7. The van der Waals surface area contributed by atoms with E-state index in [1.54, 1.807) is 18.3 Å². The molecule has 6 heteroatoms. The average Bonchev–Trinajstić information content (AvgIpc) is 2.78. The molecule has 1 atom stereocenters. The lowest BCUT2D eigenvalue weighted by Gasteiger charge is -2.16. The summed E-state index contributed by atoms with van der Waals surface area (Å²) >= 11 is 5.90. The van der Waals surface area contributed by atoms with Crippen LogP contribution in [0.15, 0.2) is 84.0 Å². The zero-order valence-corrected chi connectivity index (χ0v) is 17.5. The van der Waals surface area contributed by atoms with E-state index in [0.717, 1.165) is 16.8 Å². The van der Waals surface area contributed by atoms with E-state index in [2.05, 4.69) is 15.8 Å². The quantitative estimate of drug-likeness (QED) is 0.366. The van der Waals surface area contributed by atoms with Crippen molar-refractivity contribution in [1.29, 1.82) is 0 Å². The molecule has 1 unspecified atom stereocenters. The molecule has 2 N–H and O–H groups in total. The molecule has 0 spiro atoms. The molecule has 0 aliphatic heterocycles. The molecule has 0 saturated carbocycles. The van der Waals surface area contributed by atoms with E-state index < -0.39 is 6.04 Å². The number of hydrazone groups is 1. The highest BCUT2D eigenvalue weighted by molar-refractivity contribution is 6.30. The van der Waals surface area contributed by atoms with Crippen LogP contribution in [0.5, 0.6) is 5.75 Å². The van der Waals surface area contributed by atoms with Gasteiger partial charge >= 0.3 is 0 Å². The zero-order chi connectivity index (χ0) is 21.2. The first kappa shape index (κ1) is 21.4. The van der Waals surface area contributed by atoms with Crippen LogP contribution in [0.25, 0.3) is 0 Å². The summed E-state index contributed by atoms with van der Waals surface area (Å²) in [7, 11) is 0. The van der Waals surface area contributed by atoms with Gasteiger partial charge in [0.25, 0.3) is 5.91 Å². The molecule has 0 saturated heterocycles. The summed E-state index contributed by atoms with van der Waals surface area (Å²) in [4.78, 5) is 12.5. The Labute approximate surface area is 181 Å². The molecule has 0 aliphatic carbocycles. The van der Waals surface area contributed by atoms with Crippen molar-refractivity contribution in [3.05, 3.63) is 95.0 Å². The fourth-order valence-corrected chi connectivity index (χ4v) is 2.92. The molecule has 0 bridgehead atoms. The molecule has 0 aliphatic rings. The van der Waals surface area contributed by atoms with Gasteiger partial charge in [0.2, 0.25) is 0 Å². The summed E-state index contributed by atoms with van der Waals surface area (Å²) in [6, 6.07) is 24.3. The monoisotopic (exact) mass is 421 g/mol. The number of carbonyl (C=O) groups is 1. The van der Waals surface area contributed by atoms with E-state index >= 15 is 0 Å². The molecular formula is C24H24ClN3O2. The molecule has 3 rings (SSSR count). The van der Waals surface area contributed by atoms with Gasteiger partial charge in [0.05, 0.1) is 6.21 Å². The minimum Gasteiger partial charge on any atom is -0.488 e. The predicted octanol–water partition coefficient (Wildman–Crippen LogP) is 5.26. The Morgan fingerprint density at radius 1 is 1.03 bits per heavy atom. The molecule has 0 fully saturated rings. The van der Waals surface area contributed by atoms with Gasteiger partial charge in [-0.25, -0.2) is 5.43 Å². The second kappa shape index (κ2) is 11.0. The summed E-state index contributed by atoms with van der Waals surface area (Å²) in [5.41, 5.74) is 5.29.